The minimum atomic E-state index is -0.682. The smallest absolute Gasteiger partial charge is 0.352 e. The van der Waals surface area contributed by atoms with Crippen molar-refractivity contribution in [2.75, 3.05) is 20.2 Å². The monoisotopic (exact) mass is 242 g/mol. The van der Waals surface area contributed by atoms with Crippen molar-refractivity contribution in [3.8, 4) is 0 Å². The minimum Gasteiger partial charge on any atom is -0.439 e. The number of hydrogen-bond donors (Lipinski definition) is 1. The van der Waals surface area contributed by atoms with Crippen LogP contribution in [0.4, 0.5) is 4.79 Å². The maximum Gasteiger partial charge on any atom is 0.352 e. The molecule has 1 atom stereocenters. The number of nitrogens with zero attached hydrogens (tertiary/aromatic N) is 3. The van der Waals surface area contributed by atoms with Gasteiger partial charge in [-0.1, -0.05) is 0 Å². The molecule has 1 N–H and O–H groups in total. The largest absolute Gasteiger partial charge is 0.439 e. The van der Waals surface area contributed by atoms with Crippen LogP contribution in [0.3, 0.4) is 0 Å². The third-order valence-electron chi connectivity index (χ3n) is 2.50. The van der Waals surface area contributed by atoms with Gasteiger partial charge >= 0.3 is 12.0 Å². The zero-order valence-corrected chi connectivity index (χ0v) is 9.67. The first-order valence-corrected chi connectivity index (χ1v) is 5.25. The number of hydrogen-bond acceptors (Lipinski definition) is 6. The van der Waals surface area contributed by atoms with Crippen LogP contribution in [0.2, 0.25) is 0 Å². The van der Waals surface area contributed by atoms with E-state index in [2.05, 4.69) is 10.5 Å². The Morgan fingerprint density at radius 1 is 1.59 bits per heavy atom. The van der Waals surface area contributed by atoms with Gasteiger partial charge < -0.3 is 10.2 Å². The van der Waals surface area contributed by atoms with Gasteiger partial charge in [-0.25, -0.2) is 9.69 Å². The van der Waals surface area contributed by atoms with Crippen LogP contribution < -0.4 is 5.43 Å². The van der Waals surface area contributed by atoms with Gasteiger partial charge in [0, 0.05) is 19.9 Å². The zero-order valence-electron chi connectivity index (χ0n) is 9.67. The molecule has 2 aliphatic heterocycles. The molecule has 2 rings (SSSR count). The van der Waals surface area contributed by atoms with Crippen molar-refractivity contribution in [2.24, 2.45) is 5.10 Å². The van der Waals surface area contributed by atoms with E-state index >= 15 is 0 Å². The van der Waals surface area contributed by atoms with Gasteiger partial charge in [-0.2, -0.15) is 10.2 Å². The van der Waals surface area contributed by atoms with E-state index in [1.165, 1.54) is 18.9 Å². The molecular weight excluding hydrogens is 228 g/mol. The second-order valence-electron chi connectivity index (χ2n) is 3.65. The fourth-order valence-electron chi connectivity index (χ4n) is 1.80. The highest BCUT2D eigenvalue weighted by Gasteiger charge is 2.43. The van der Waals surface area contributed by atoms with Crippen molar-refractivity contribution in [3.63, 3.8) is 0 Å². The fraction of sp³-hybridized carbons (Fsp3) is 0.667. The molecule has 0 bridgehead atoms. The van der Waals surface area contributed by atoms with Gasteiger partial charge in [-0.15, -0.1) is 0 Å². The van der Waals surface area contributed by atoms with E-state index in [0.717, 1.165) is 5.06 Å². The summed E-state index contributed by atoms with van der Waals surface area (Å²) in [6.45, 7) is 2.14. The van der Waals surface area contributed by atoms with Crippen LogP contribution in [0.1, 0.15) is 13.3 Å². The molecule has 1 saturated heterocycles. The minimum absolute atomic E-state index is 0.175. The highest BCUT2D eigenvalue weighted by atomic mass is 16.7. The van der Waals surface area contributed by atoms with E-state index in [9.17, 15) is 9.59 Å². The molecule has 8 nitrogen and oxygen atoms in total. The van der Waals surface area contributed by atoms with Crippen LogP contribution in [0.5, 0.6) is 0 Å². The van der Waals surface area contributed by atoms with Gasteiger partial charge in [-0.3, -0.25) is 9.63 Å². The van der Waals surface area contributed by atoms with Crippen LogP contribution in [-0.4, -0.2) is 54.2 Å². The van der Waals surface area contributed by atoms with Crippen LogP contribution in [0.15, 0.2) is 5.10 Å². The van der Waals surface area contributed by atoms with Crippen LogP contribution >= 0.6 is 0 Å². The van der Waals surface area contributed by atoms with E-state index in [0.29, 0.717) is 18.8 Å². The number of amides is 2. The Bertz CT molecular complexity index is 370. The summed E-state index contributed by atoms with van der Waals surface area (Å²) in [6, 6.07) is -0.374. The van der Waals surface area contributed by atoms with Crippen molar-refractivity contribution in [3.05, 3.63) is 0 Å². The lowest BCUT2D eigenvalue weighted by atomic mass is 10.3. The molecule has 94 valence electrons. The Hall–Kier alpha value is -1.83. The molecule has 8 heteroatoms. The number of ether oxygens (including phenoxy) is 1. The Morgan fingerprint density at radius 2 is 2.35 bits per heavy atom. The number of urea groups is 1. The molecule has 2 heterocycles. The van der Waals surface area contributed by atoms with Gasteiger partial charge in [0.15, 0.2) is 0 Å². The summed E-state index contributed by atoms with van der Waals surface area (Å²) in [5, 5.41) is 5.13. The van der Waals surface area contributed by atoms with E-state index in [1.54, 1.807) is 0 Å². The van der Waals surface area contributed by atoms with Crippen molar-refractivity contribution in [2.45, 2.75) is 19.6 Å². The van der Waals surface area contributed by atoms with Crippen molar-refractivity contribution in [1.82, 2.24) is 15.4 Å². The van der Waals surface area contributed by atoms with Gasteiger partial charge in [0.05, 0.1) is 7.11 Å². The maximum absolute atomic E-state index is 11.9. The van der Waals surface area contributed by atoms with Crippen LogP contribution in [-0.2, 0) is 14.4 Å². The Kier molecular flexibility index (Phi) is 3.14. The lowest BCUT2D eigenvalue weighted by molar-refractivity contribution is -0.152. The topological polar surface area (TPSA) is 83.5 Å². The summed E-state index contributed by atoms with van der Waals surface area (Å²) in [6.07, 6.45) is -0.0697. The summed E-state index contributed by atoms with van der Waals surface area (Å²) >= 11 is 0. The molecule has 0 aromatic heterocycles. The summed E-state index contributed by atoms with van der Waals surface area (Å²) in [5.74, 6) is 0.109. The number of esters is 1. The van der Waals surface area contributed by atoms with Crippen LogP contribution in [0.25, 0.3) is 0 Å². The second kappa shape index (κ2) is 4.58. The first-order valence-electron chi connectivity index (χ1n) is 5.25. The molecule has 17 heavy (non-hydrogen) atoms. The molecule has 2 aliphatic rings. The molecule has 0 radical (unpaired) electrons. The molecule has 0 spiro atoms. The second-order valence-corrected chi connectivity index (χ2v) is 3.65. The zero-order chi connectivity index (χ0) is 12.4. The van der Waals surface area contributed by atoms with E-state index < -0.39 is 12.2 Å². The number of hydrazone groups is 1. The lowest BCUT2D eigenvalue weighted by Crippen LogP contribution is -2.41. The molecule has 0 aromatic rings. The number of nitrogens with one attached hydrogen (secondary N) is 1. The highest BCUT2D eigenvalue weighted by Crippen LogP contribution is 2.20. The van der Waals surface area contributed by atoms with Gasteiger partial charge in [0.25, 0.3) is 0 Å². The third kappa shape index (κ3) is 2.16. The lowest BCUT2D eigenvalue weighted by Gasteiger charge is -2.20. The van der Waals surface area contributed by atoms with Crippen molar-refractivity contribution in [1.29, 1.82) is 0 Å². The maximum atomic E-state index is 11.9. The number of carbonyl (C=O) groups is 2. The number of amidine groups is 1. The SMILES string of the molecule is CON1CC(OC(C)=O)N(C2=NNCC2)C1=O. The molecule has 0 saturated carbocycles. The summed E-state index contributed by atoms with van der Waals surface area (Å²) in [7, 11) is 1.39. The third-order valence-corrected chi connectivity index (χ3v) is 2.50. The normalized spacial score (nSPS) is 23.8. The van der Waals surface area contributed by atoms with Gasteiger partial charge in [0.1, 0.15) is 12.4 Å². The predicted molar refractivity (Wildman–Crippen MR) is 56.6 cm³/mol. The Labute approximate surface area is 98.1 Å². The average molecular weight is 242 g/mol. The van der Waals surface area contributed by atoms with Gasteiger partial charge in [-0.05, 0) is 0 Å². The quantitative estimate of drug-likeness (QED) is 0.659. The van der Waals surface area contributed by atoms with Crippen LogP contribution in [0, 0.1) is 0 Å². The van der Waals surface area contributed by atoms with Gasteiger partial charge in [0.2, 0.25) is 6.23 Å². The molecule has 0 aliphatic carbocycles. The summed E-state index contributed by atoms with van der Waals surface area (Å²) in [4.78, 5) is 29.2. The first-order chi connectivity index (χ1) is 8.13. The van der Waals surface area contributed by atoms with Crippen molar-refractivity contribution >= 4 is 17.8 Å². The molecular formula is C9H14N4O4. The molecule has 1 unspecified atom stereocenters. The van der Waals surface area contributed by atoms with E-state index in [-0.39, 0.29) is 12.6 Å². The first kappa shape index (κ1) is 11.6. The standard InChI is InChI=1S/C9H14N4O4/c1-6(14)17-8-5-12(16-2)9(15)13(8)7-3-4-10-11-7/h8,10H,3-5H2,1-2H3. The van der Waals surface area contributed by atoms with Crippen molar-refractivity contribution < 1.29 is 19.2 Å². The average Bonchev–Trinajstić information content (AvgIpc) is 2.85. The number of carbonyl (C=O) groups excluding carboxylic acids is 2. The summed E-state index contributed by atoms with van der Waals surface area (Å²) < 4.78 is 5.07. The molecule has 1 fully saturated rings. The number of rotatable bonds is 2. The highest BCUT2D eigenvalue weighted by molar-refractivity contribution is 5.99. The predicted octanol–water partition coefficient (Wildman–Crippen LogP) is -0.519. The summed E-state index contributed by atoms with van der Waals surface area (Å²) in [5.41, 5.74) is 2.77. The molecule has 2 amide bonds. The Balaban J connectivity index is 2.17. The molecule has 0 aromatic carbocycles. The fourth-order valence-corrected chi connectivity index (χ4v) is 1.80. The number of hydroxylamine groups is 2. The Morgan fingerprint density at radius 3 is 2.88 bits per heavy atom. The van der Waals surface area contributed by atoms with E-state index in [4.69, 9.17) is 9.57 Å². The van der Waals surface area contributed by atoms with E-state index in [1.807, 2.05) is 0 Å².